The van der Waals surface area contributed by atoms with Crippen molar-refractivity contribution in [1.29, 1.82) is 0 Å². The number of benzene rings is 1. The average molecular weight is 226 g/mol. The van der Waals surface area contributed by atoms with E-state index in [-0.39, 0.29) is 12.2 Å². The highest BCUT2D eigenvalue weighted by atomic mass is 19.1. The van der Waals surface area contributed by atoms with Crippen molar-refractivity contribution in [2.24, 2.45) is 5.92 Å². The van der Waals surface area contributed by atoms with Crippen LogP contribution >= 0.6 is 0 Å². The van der Waals surface area contributed by atoms with Crippen LogP contribution in [0.4, 0.5) is 4.39 Å². The Bertz CT molecular complexity index is 401. The molecule has 0 saturated heterocycles. The molecule has 0 aliphatic rings. The molecular formula is C12H15FO3. The zero-order valence-corrected chi connectivity index (χ0v) is 9.58. The second-order valence-corrected chi connectivity index (χ2v) is 3.82. The molecule has 0 saturated carbocycles. The number of hydrogen-bond acceptors (Lipinski definition) is 2. The van der Waals surface area contributed by atoms with Gasteiger partial charge in [-0.1, -0.05) is 13.0 Å². The zero-order valence-electron chi connectivity index (χ0n) is 9.58. The maximum Gasteiger partial charge on any atom is 0.306 e. The first kappa shape index (κ1) is 12.5. The van der Waals surface area contributed by atoms with Crippen molar-refractivity contribution in [2.75, 3.05) is 7.11 Å². The van der Waals surface area contributed by atoms with E-state index in [1.54, 1.807) is 13.0 Å². The van der Waals surface area contributed by atoms with E-state index < -0.39 is 17.7 Å². The van der Waals surface area contributed by atoms with Gasteiger partial charge in [0, 0.05) is 5.56 Å². The van der Waals surface area contributed by atoms with Gasteiger partial charge in [-0.15, -0.1) is 0 Å². The summed E-state index contributed by atoms with van der Waals surface area (Å²) in [5.74, 6) is -1.77. The van der Waals surface area contributed by atoms with Crippen molar-refractivity contribution in [3.63, 3.8) is 0 Å². The van der Waals surface area contributed by atoms with E-state index in [1.165, 1.54) is 13.2 Å². The van der Waals surface area contributed by atoms with Crippen molar-refractivity contribution in [3.8, 4) is 5.75 Å². The zero-order chi connectivity index (χ0) is 12.3. The summed E-state index contributed by atoms with van der Waals surface area (Å²) in [7, 11) is 1.38. The molecule has 0 aliphatic carbocycles. The number of hydrogen-bond donors (Lipinski definition) is 1. The van der Waals surface area contributed by atoms with Crippen molar-refractivity contribution >= 4 is 5.97 Å². The van der Waals surface area contributed by atoms with Crippen molar-refractivity contribution < 1.29 is 19.0 Å². The summed E-state index contributed by atoms with van der Waals surface area (Å²) in [4.78, 5) is 10.8. The van der Waals surface area contributed by atoms with Crippen LogP contribution in [-0.2, 0) is 11.2 Å². The minimum atomic E-state index is -0.897. The summed E-state index contributed by atoms with van der Waals surface area (Å²) in [6.07, 6.45) is 0.266. The number of carboxylic acids is 1. The number of halogens is 1. The van der Waals surface area contributed by atoms with Gasteiger partial charge in [-0.05, 0) is 25.0 Å². The topological polar surface area (TPSA) is 46.5 Å². The lowest BCUT2D eigenvalue weighted by atomic mass is 9.96. The molecule has 3 nitrogen and oxygen atoms in total. The Morgan fingerprint density at radius 1 is 1.56 bits per heavy atom. The maximum absolute atomic E-state index is 13.4. The van der Waals surface area contributed by atoms with E-state index >= 15 is 0 Å². The Labute approximate surface area is 93.9 Å². The summed E-state index contributed by atoms with van der Waals surface area (Å²) >= 11 is 0. The van der Waals surface area contributed by atoms with Crippen LogP contribution in [0.2, 0.25) is 0 Å². The highest BCUT2D eigenvalue weighted by molar-refractivity contribution is 5.70. The monoisotopic (exact) mass is 226 g/mol. The van der Waals surface area contributed by atoms with Crippen LogP contribution in [0.15, 0.2) is 12.1 Å². The van der Waals surface area contributed by atoms with Gasteiger partial charge < -0.3 is 9.84 Å². The van der Waals surface area contributed by atoms with Gasteiger partial charge in [0.1, 0.15) is 0 Å². The smallest absolute Gasteiger partial charge is 0.306 e. The number of aliphatic carboxylic acids is 1. The second kappa shape index (κ2) is 4.96. The third-order valence-corrected chi connectivity index (χ3v) is 2.58. The molecule has 0 bridgehead atoms. The van der Waals surface area contributed by atoms with Crippen molar-refractivity contribution in [1.82, 2.24) is 0 Å². The Kier molecular flexibility index (Phi) is 3.88. The van der Waals surface area contributed by atoms with Crippen LogP contribution < -0.4 is 4.74 Å². The lowest BCUT2D eigenvalue weighted by Crippen LogP contribution is -2.14. The molecule has 0 fully saturated rings. The van der Waals surface area contributed by atoms with Gasteiger partial charge in [0.15, 0.2) is 11.6 Å². The molecule has 0 radical (unpaired) electrons. The Balaban J connectivity index is 3.11. The van der Waals surface area contributed by atoms with Crippen molar-refractivity contribution in [3.05, 3.63) is 29.1 Å². The first-order valence-electron chi connectivity index (χ1n) is 5.02. The summed E-state index contributed by atoms with van der Waals surface area (Å²) in [6, 6.07) is 2.95. The molecule has 0 spiro atoms. The summed E-state index contributed by atoms with van der Waals surface area (Å²) < 4.78 is 18.4. The molecule has 0 aromatic heterocycles. The highest BCUT2D eigenvalue weighted by Gasteiger charge is 2.18. The minimum absolute atomic E-state index is 0.146. The number of rotatable bonds is 4. The number of methoxy groups -OCH3 is 1. The fraction of sp³-hybridized carbons (Fsp3) is 0.417. The maximum atomic E-state index is 13.4. The lowest BCUT2D eigenvalue weighted by molar-refractivity contribution is -0.141. The summed E-state index contributed by atoms with van der Waals surface area (Å²) in [6.45, 7) is 3.40. The first-order valence-corrected chi connectivity index (χ1v) is 5.02. The van der Waals surface area contributed by atoms with Crippen LogP contribution in [0, 0.1) is 18.7 Å². The van der Waals surface area contributed by atoms with E-state index in [2.05, 4.69) is 0 Å². The Morgan fingerprint density at radius 3 is 2.69 bits per heavy atom. The van der Waals surface area contributed by atoms with Crippen LogP contribution in [-0.4, -0.2) is 18.2 Å². The third kappa shape index (κ3) is 2.51. The number of carboxylic acid groups (broad SMARTS) is 1. The van der Waals surface area contributed by atoms with E-state index in [9.17, 15) is 9.18 Å². The summed E-state index contributed by atoms with van der Waals surface area (Å²) in [5.41, 5.74) is 1.46. The van der Waals surface area contributed by atoms with Crippen molar-refractivity contribution in [2.45, 2.75) is 20.3 Å². The van der Waals surface area contributed by atoms with Crippen LogP contribution in [0.1, 0.15) is 18.1 Å². The largest absolute Gasteiger partial charge is 0.493 e. The molecule has 0 amide bonds. The van der Waals surface area contributed by atoms with E-state index in [1.807, 2.05) is 6.92 Å². The number of ether oxygens (including phenoxy) is 1. The number of carbonyl (C=O) groups is 1. The first-order chi connectivity index (χ1) is 7.47. The van der Waals surface area contributed by atoms with Gasteiger partial charge in [-0.3, -0.25) is 4.79 Å². The standard InChI is InChI=1S/C12H15FO3/c1-7-4-5-10(13)11(16-3)9(7)6-8(2)12(14)15/h4-5,8H,6H2,1-3H3,(H,14,15). The molecule has 1 N–H and O–H groups in total. The van der Waals surface area contributed by atoms with Gasteiger partial charge in [0.2, 0.25) is 0 Å². The van der Waals surface area contributed by atoms with Gasteiger partial charge in [0.25, 0.3) is 0 Å². The molecule has 1 unspecified atom stereocenters. The molecule has 0 heterocycles. The molecular weight excluding hydrogens is 211 g/mol. The van der Waals surface area contributed by atoms with E-state index in [4.69, 9.17) is 9.84 Å². The molecule has 1 aromatic carbocycles. The minimum Gasteiger partial charge on any atom is -0.493 e. The molecule has 1 aromatic rings. The average Bonchev–Trinajstić information content (AvgIpc) is 2.23. The Hall–Kier alpha value is -1.58. The fourth-order valence-corrected chi connectivity index (χ4v) is 1.57. The lowest BCUT2D eigenvalue weighted by Gasteiger charge is -2.14. The van der Waals surface area contributed by atoms with Crippen LogP contribution in [0.5, 0.6) is 5.75 Å². The third-order valence-electron chi connectivity index (χ3n) is 2.58. The van der Waals surface area contributed by atoms with E-state index in [0.29, 0.717) is 5.56 Å². The number of aryl methyl sites for hydroxylation is 1. The van der Waals surface area contributed by atoms with Gasteiger partial charge >= 0.3 is 5.97 Å². The van der Waals surface area contributed by atoms with Gasteiger partial charge in [0.05, 0.1) is 13.0 Å². The normalized spacial score (nSPS) is 12.2. The highest BCUT2D eigenvalue weighted by Crippen LogP contribution is 2.28. The van der Waals surface area contributed by atoms with Crippen LogP contribution in [0.3, 0.4) is 0 Å². The molecule has 1 rings (SSSR count). The van der Waals surface area contributed by atoms with Gasteiger partial charge in [-0.25, -0.2) is 4.39 Å². The molecule has 1 atom stereocenters. The molecule has 0 aliphatic heterocycles. The second-order valence-electron chi connectivity index (χ2n) is 3.82. The van der Waals surface area contributed by atoms with Crippen LogP contribution in [0.25, 0.3) is 0 Å². The molecule has 88 valence electrons. The summed E-state index contributed by atoms with van der Waals surface area (Å²) in [5, 5.41) is 8.83. The molecule has 4 heteroatoms. The SMILES string of the molecule is COc1c(F)ccc(C)c1CC(C)C(=O)O. The predicted octanol–water partition coefficient (Wildman–Crippen LogP) is 2.41. The molecule has 16 heavy (non-hydrogen) atoms. The van der Waals surface area contributed by atoms with E-state index in [0.717, 1.165) is 5.56 Å². The predicted molar refractivity (Wildman–Crippen MR) is 58.2 cm³/mol. The van der Waals surface area contributed by atoms with Gasteiger partial charge in [-0.2, -0.15) is 0 Å². The Morgan fingerprint density at radius 2 is 2.19 bits per heavy atom. The quantitative estimate of drug-likeness (QED) is 0.857. The fourth-order valence-electron chi connectivity index (χ4n) is 1.57.